The van der Waals surface area contributed by atoms with Crippen molar-refractivity contribution in [1.82, 2.24) is 0 Å². The Kier molecular flexibility index (Phi) is 3.80. The summed E-state index contributed by atoms with van der Waals surface area (Å²) in [4.78, 5) is 4.09. The Bertz CT molecular complexity index is 187. The fourth-order valence-electron chi connectivity index (χ4n) is 1.31. The van der Waals surface area contributed by atoms with Crippen LogP contribution in [-0.2, 0) is 4.74 Å². The van der Waals surface area contributed by atoms with E-state index in [2.05, 4.69) is 11.1 Å². The third-order valence-corrected chi connectivity index (χ3v) is 2.03. The van der Waals surface area contributed by atoms with Gasteiger partial charge in [0, 0.05) is 12.6 Å². The van der Waals surface area contributed by atoms with Crippen LogP contribution < -0.4 is 5.73 Å². The van der Waals surface area contributed by atoms with Crippen molar-refractivity contribution < 1.29 is 4.74 Å². The molecule has 3 heteroatoms. The molecule has 0 aromatic carbocycles. The summed E-state index contributed by atoms with van der Waals surface area (Å²) in [6.07, 6.45) is 7.08. The predicted molar refractivity (Wildman–Crippen MR) is 50.0 cm³/mol. The summed E-state index contributed by atoms with van der Waals surface area (Å²) < 4.78 is 5.07. The summed E-state index contributed by atoms with van der Waals surface area (Å²) in [7, 11) is 1.66. The highest BCUT2D eigenvalue weighted by atomic mass is 16.5. The largest absolute Gasteiger partial charge is 0.484 e. The van der Waals surface area contributed by atoms with Crippen molar-refractivity contribution in [2.24, 2.45) is 16.6 Å². The van der Waals surface area contributed by atoms with E-state index in [-0.39, 0.29) is 0 Å². The van der Waals surface area contributed by atoms with Gasteiger partial charge in [0.25, 0.3) is 0 Å². The summed E-state index contributed by atoms with van der Waals surface area (Å²) in [6.45, 7) is 0.768. The molecule has 1 aliphatic heterocycles. The number of nitrogens with two attached hydrogens (primary N) is 1. The van der Waals surface area contributed by atoms with Crippen LogP contribution in [0.15, 0.2) is 17.3 Å². The highest BCUT2D eigenvalue weighted by Gasteiger charge is 2.11. The zero-order valence-electron chi connectivity index (χ0n) is 7.49. The quantitative estimate of drug-likeness (QED) is 0.690. The van der Waals surface area contributed by atoms with E-state index in [4.69, 9.17) is 10.5 Å². The third-order valence-electron chi connectivity index (χ3n) is 2.03. The van der Waals surface area contributed by atoms with Gasteiger partial charge in [-0.15, -0.1) is 0 Å². The standard InChI is InChI=1S/C9H16N2O/c1-12-9-7-8(3-2-5-10)4-6-11-9/h4,6,8H,2-3,5,7,10H2,1H3. The number of hydrogen-bond acceptors (Lipinski definition) is 3. The average Bonchev–Trinajstić information content (AvgIpc) is 2.15. The molecule has 68 valence electrons. The van der Waals surface area contributed by atoms with Crippen LogP contribution in [-0.4, -0.2) is 19.6 Å². The molecule has 2 N–H and O–H groups in total. The number of hydrogen-bond donors (Lipinski definition) is 1. The smallest absolute Gasteiger partial charge is 0.188 e. The fourth-order valence-corrected chi connectivity index (χ4v) is 1.31. The van der Waals surface area contributed by atoms with E-state index in [9.17, 15) is 0 Å². The minimum atomic E-state index is 0.570. The van der Waals surface area contributed by atoms with Gasteiger partial charge in [-0.2, -0.15) is 0 Å². The Morgan fingerprint density at radius 3 is 3.25 bits per heavy atom. The van der Waals surface area contributed by atoms with E-state index in [0.29, 0.717) is 5.92 Å². The average molecular weight is 168 g/mol. The molecule has 0 aromatic rings. The van der Waals surface area contributed by atoms with Crippen molar-refractivity contribution >= 4 is 5.90 Å². The maximum absolute atomic E-state index is 5.43. The van der Waals surface area contributed by atoms with Crippen LogP contribution in [0.5, 0.6) is 0 Å². The number of ether oxygens (including phenoxy) is 1. The van der Waals surface area contributed by atoms with Gasteiger partial charge in [0.05, 0.1) is 7.11 Å². The summed E-state index contributed by atoms with van der Waals surface area (Å²) in [5.74, 6) is 1.40. The minimum Gasteiger partial charge on any atom is -0.484 e. The van der Waals surface area contributed by atoms with Crippen LogP contribution in [0.1, 0.15) is 19.3 Å². The number of rotatable bonds is 3. The molecule has 0 saturated heterocycles. The number of aliphatic imine (C=N–C) groups is 1. The van der Waals surface area contributed by atoms with Crippen molar-refractivity contribution in [3.63, 3.8) is 0 Å². The van der Waals surface area contributed by atoms with E-state index in [1.54, 1.807) is 7.11 Å². The number of nitrogens with zero attached hydrogens (tertiary/aromatic N) is 1. The zero-order chi connectivity index (χ0) is 8.81. The first-order valence-corrected chi connectivity index (χ1v) is 4.34. The Morgan fingerprint density at radius 2 is 2.58 bits per heavy atom. The van der Waals surface area contributed by atoms with Gasteiger partial charge in [0.1, 0.15) is 0 Å². The van der Waals surface area contributed by atoms with Crippen LogP contribution in [0.4, 0.5) is 0 Å². The molecule has 0 amide bonds. The second-order valence-electron chi connectivity index (χ2n) is 2.96. The lowest BCUT2D eigenvalue weighted by molar-refractivity contribution is 0.375. The van der Waals surface area contributed by atoms with Crippen molar-refractivity contribution in [2.45, 2.75) is 19.3 Å². The molecule has 1 atom stereocenters. The van der Waals surface area contributed by atoms with Crippen LogP contribution in [0.3, 0.4) is 0 Å². The molecular weight excluding hydrogens is 152 g/mol. The van der Waals surface area contributed by atoms with Gasteiger partial charge in [-0.25, -0.2) is 4.99 Å². The molecule has 0 saturated carbocycles. The Balaban J connectivity index is 2.32. The molecular formula is C9H16N2O. The zero-order valence-corrected chi connectivity index (χ0v) is 7.49. The first-order valence-electron chi connectivity index (χ1n) is 4.34. The second-order valence-corrected chi connectivity index (χ2v) is 2.96. The fraction of sp³-hybridized carbons (Fsp3) is 0.667. The first-order chi connectivity index (χ1) is 5.86. The van der Waals surface area contributed by atoms with Gasteiger partial charge in [0.15, 0.2) is 5.90 Å². The minimum absolute atomic E-state index is 0.570. The Morgan fingerprint density at radius 1 is 1.75 bits per heavy atom. The summed E-state index contributed by atoms with van der Waals surface area (Å²) in [5, 5.41) is 0. The normalized spacial score (nSPS) is 22.2. The molecule has 0 spiro atoms. The van der Waals surface area contributed by atoms with E-state index in [1.165, 1.54) is 0 Å². The molecule has 1 rings (SSSR count). The van der Waals surface area contributed by atoms with Gasteiger partial charge in [-0.3, -0.25) is 0 Å². The van der Waals surface area contributed by atoms with E-state index >= 15 is 0 Å². The van der Waals surface area contributed by atoms with Crippen molar-refractivity contribution in [3.05, 3.63) is 12.3 Å². The highest BCUT2D eigenvalue weighted by molar-refractivity contribution is 5.77. The molecule has 0 fully saturated rings. The van der Waals surface area contributed by atoms with Crippen LogP contribution in [0, 0.1) is 5.92 Å². The maximum Gasteiger partial charge on any atom is 0.188 e. The van der Waals surface area contributed by atoms with Gasteiger partial charge in [-0.1, -0.05) is 6.08 Å². The molecule has 0 bridgehead atoms. The van der Waals surface area contributed by atoms with Crippen molar-refractivity contribution in [2.75, 3.05) is 13.7 Å². The SMILES string of the molecule is COC1=NC=CC(CCCN)C1. The number of allylic oxidation sites excluding steroid dienone is 1. The molecule has 1 unspecified atom stereocenters. The van der Waals surface area contributed by atoms with E-state index in [0.717, 1.165) is 31.7 Å². The van der Waals surface area contributed by atoms with Crippen molar-refractivity contribution in [3.8, 4) is 0 Å². The Hall–Kier alpha value is -0.830. The van der Waals surface area contributed by atoms with Crippen molar-refractivity contribution in [1.29, 1.82) is 0 Å². The highest BCUT2D eigenvalue weighted by Crippen LogP contribution is 2.17. The Labute approximate surface area is 73.3 Å². The molecule has 1 heterocycles. The predicted octanol–water partition coefficient (Wildman–Crippen LogP) is 1.30. The lowest BCUT2D eigenvalue weighted by Crippen LogP contribution is -2.12. The van der Waals surface area contributed by atoms with E-state index < -0.39 is 0 Å². The van der Waals surface area contributed by atoms with Gasteiger partial charge < -0.3 is 10.5 Å². The van der Waals surface area contributed by atoms with Gasteiger partial charge >= 0.3 is 0 Å². The van der Waals surface area contributed by atoms with Gasteiger partial charge in [0.2, 0.25) is 0 Å². The molecule has 3 nitrogen and oxygen atoms in total. The molecule has 0 aromatic heterocycles. The van der Waals surface area contributed by atoms with Crippen LogP contribution in [0.2, 0.25) is 0 Å². The lowest BCUT2D eigenvalue weighted by Gasteiger charge is -2.15. The maximum atomic E-state index is 5.43. The molecule has 1 aliphatic rings. The monoisotopic (exact) mass is 168 g/mol. The van der Waals surface area contributed by atoms with Crippen LogP contribution in [0.25, 0.3) is 0 Å². The molecule has 0 radical (unpaired) electrons. The van der Waals surface area contributed by atoms with Crippen LogP contribution >= 0.6 is 0 Å². The molecule has 12 heavy (non-hydrogen) atoms. The lowest BCUT2D eigenvalue weighted by atomic mass is 9.98. The van der Waals surface area contributed by atoms with E-state index in [1.807, 2.05) is 6.20 Å². The first kappa shape index (κ1) is 9.26. The number of methoxy groups -OCH3 is 1. The summed E-state index contributed by atoms with van der Waals surface area (Å²) in [6, 6.07) is 0. The third kappa shape index (κ3) is 2.66. The second kappa shape index (κ2) is 4.93. The molecule has 0 aliphatic carbocycles. The topological polar surface area (TPSA) is 47.6 Å². The summed E-state index contributed by atoms with van der Waals surface area (Å²) >= 11 is 0. The summed E-state index contributed by atoms with van der Waals surface area (Å²) in [5.41, 5.74) is 5.43. The van der Waals surface area contributed by atoms with Gasteiger partial charge in [-0.05, 0) is 25.3 Å².